The Morgan fingerprint density at radius 2 is 2.05 bits per heavy atom. The summed E-state index contributed by atoms with van der Waals surface area (Å²) in [6.07, 6.45) is -0.650. The largest absolute Gasteiger partial charge is 0.387 e. The topological polar surface area (TPSA) is 61.4 Å². The number of nitrogens with one attached hydrogen (secondary N) is 2. The van der Waals surface area contributed by atoms with Crippen LogP contribution in [0.2, 0.25) is 5.02 Å². The molecule has 6 heteroatoms. The van der Waals surface area contributed by atoms with E-state index in [1.807, 2.05) is 20.8 Å². The van der Waals surface area contributed by atoms with Gasteiger partial charge in [0, 0.05) is 18.5 Å². The highest BCUT2D eigenvalue weighted by molar-refractivity contribution is 6.33. The van der Waals surface area contributed by atoms with E-state index < -0.39 is 11.9 Å². The maximum atomic E-state index is 14.0. The van der Waals surface area contributed by atoms with Gasteiger partial charge in [-0.3, -0.25) is 4.79 Å². The highest BCUT2D eigenvalue weighted by Crippen LogP contribution is 2.29. The Hall–Kier alpha value is -1.17. The number of aliphatic hydroxyl groups excluding tert-OH is 1. The van der Waals surface area contributed by atoms with Crippen molar-refractivity contribution in [1.29, 1.82) is 0 Å². The summed E-state index contributed by atoms with van der Waals surface area (Å²) in [6.45, 7) is 7.85. The first-order valence-electron chi connectivity index (χ1n) is 6.86. The average Bonchev–Trinajstić information content (AvgIpc) is 2.38. The maximum Gasteiger partial charge on any atom is 0.224 e. The number of aliphatic hydroxyl groups is 1. The number of benzene rings is 1. The van der Waals surface area contributed by atoms with E-state index in [2.05, 4.69) is 10.6 Å². The lowest BCUT2D eigenvalue weighted by Crippen LogP contribution is -2.38. The van der Waals surface area contributed by atoms with E-state index in [9.17, 15) is 14.3 Å². The van der Waals surface area contributed by atoms with Crippen LogP contribution in [0.15, 0.2) is 12.1 Å². The van der Waals surface area contributed by atoms with E-state index in [0.717, 1.165) is 0 Å². The van der Waals surface area contributed by atoms with Crippen molar-refractivity contribution in [1.82, 2.24) is 5.32 Å². The van der Waals surface area contributed by atoms with Crippen LogP contribution in [0.4, 0.5) is 10.1 Å². The van der Waals surface area contributed by atoms with Gasteiger partial charge in [0.2, 0.25) is 5.91 Å². The molecule has 3 N–H and O–H groups in total. The van der Waals surface area contributed by atoms with Crippen LogP contribution < -0.4 is 10.6 Å². The predicted octanol–water partition coefficient (Wildman–Crippen LogP) is 3.25. The molecule has 1 rings (SSSR count). The number of β-amino-alcohol motifs (C(OH)–C–C–N with tert-alkyl or cyclic N) is 1. The minimum absolute atomic E-state index is 0.0525. The summed E-state index contributed by atoms with van der Waals surface area (Å²) in [6, 6.07) is 2.65. The molecule has 1 aromatic rings. The van der Waals surface area contributed by atoms with Crippen LogP contribution >= 0.6 is 11.6 Å². The number of carbonyl (C=O) groups excluding carboxylic acids is 1. The number of rotatable bonds is 5. The molecule has 1 unspecified atom stereocenters. The summed E-state index contributed by atoms with van der Waals surface area (Å²) in [5.41, 5.74) is 0.158. The number of hydrogen-bond donors (Lipinski definition) is 3. The van der Waals surface area contributed by atoms with Gasteiger partial charge in [-0.1, -0.05) is 18.5 Å². The van der Waals surface area contributed by atoms with Crippen molar-refractivity contribution in [3.8, 4) is 0 Å². The first-order chi connectivity index (χ1) is 9.64. The quantitative estimate of drug-likeness (QED) is 0.781. The molecule has 0 saturated heterocycles. The predicted molar refractivity (Wildman–Crippen MR) is 83.0 cm³/mol. The summed E-state index contributed by atoms with van der Waals surface area (Å²) in [5, 5.41) is 15.7. The molecule has 4 nitrogen and oxygen atoms in total. The number of anilines is 1. The molecule has 0 heterocycles. The van der Waals surface area contributed by atoms with E-state index in [-0.39, 0.29) is 35.1 Å². The van der Waals surface area contributed by atoms with Crippen molar-refractivity contribution in [3.05, 3.63) is 28.5 Å². The standard InChI is InChI=1S/C15H22ClFN2O2/c1-5-13(21)19-14-10(16)6-9(7-11(14)17)12(20)8-18-15(2,3)4/h6-7,12,18,20H,5,8H2,1-4H3,(H,19,21). The zero-order valence-corrected chi connectivity index (χ0v) is 13.5. The minimum atomic E-state index is -0.882. The molecule has 0 radical (unpaired) electrons. The fourth-order valence-electron chi connectivity index (χ4n) is 1.65. The van der Waals surface area contributed by atoms with Crippen LogP contribution in [0, 0.1) is 5.82 Å². The van der Waals surface area contributed by atoms with Gasteiger partial charge in [0.25, 0.3) is 0 Å². The third-order valence-corrected chi connectivity index (χ3v) is 3.16. The van der Waals surface area contributed by atoms with Gasteiger partial charge < -0.3 is 15.7 Å². The van der Waals surface area contributed by atoms with Crippen LogP contribution in [0.25, 0.3) is 0 Å². The summed E-state index contributed by atoms with van der Waals surface area (Å²) in [4.78, 5) is 11.3. The second kappa shape index (κ2) is 7.20. The first kappa shape index (κ1) is 17.9. The smallest absolute Gasteiger partial charge is 0.224 e. The fraction of sp³-hybridized carbons (Fsp3) is 0.533. The SMILES string of the molecule is CCC(=O)Nc1c(F)cc(C(O)CNC(C)(C)C)cc1Cl. The monoisotopic (exact) mass is 316 g/mol. The molecule has 1 atom stereocenters. The third kappa shape index (κ3) is 5.61. The Bertz CT molecular complexity index is 492. The number of halogens is 2. The third-order valence-electron chi connectivity index (χ3n) is 2.86. The lowest BCUT2D eigenvalue weighted by Gasteiger charge is -2.23. The van der Waals surface area contributed by atoms with E-state index in [1.165, 1.54) is 12.1 Å². The summed E-state index contributed by atoms with van der Waals surface area (Å²) < 4.78 is 14.0. The van der Waals surface area contributed by atoms with Gasteiger partial charge in [-0.05, 0) is 38.5 Å². The van der Waals surface area contributed by atoms with Crippen molar-refractivity contribution in [2.75, 3.05) is 11.9 Å². The first-order valence-corrected chi connectivity index (χ1v) is 7.23. The van der Waals surface area contributed by atoms with Crippen LogP contribution in [0.3, 0.4) is 0 Å². The summed E-state index contributed by atoms with van der Waals surface area (Å²) in [7, 11) is 0. The molecule has 21 heavy (non-hydrogen) atoms. The normalized spacial score (nSPS) is 13.1. The van der Waals surface area contributed by atoms with Crippen molar-refractivity contribution in [2.24, 2.45) is 0 Å². The van der Waals surface area contributed by atoms with E-state index in [4.69, 9.17) is 11.6 Å². The highest BCUT2D eigenvalue weighted by atomic mass is 35.5. The Morgan fingerprint density at radius 1 is 1.43 bits per heavy atom. The van der Waals surface area contributed by atoms with E-state index >= 15 is 0 Å². The average molecular weight is 317 g/mol. The second-order valence-corrected chi connectivity index (χ2v) is 6.32. The van der Waals surface area contributed by atoms with E-state index in [1.54, 1.807) is 6.92 Å². The Kier molecular flexibility index (Phi) is 6.13. The van der Waals surface area contributed by atoms with Crippen LogP contribution in [-0.4, -0.2) is 23.1 Å². The van der Waals surface area contributed by atoms with Crippen molar-refractivity contribution < 1.29 is 14.3 Å². The van der Waals surface area contributed by atoms with Crippen LogP contribution in [0.5, 0.6) is 0 Å². The molecule has 0 aliphatic carbocycles. The summed E-state index contributed by atoms with van der Waals surface area (Å²) in [5.74, 6) is -0.979. The van der Waals surface area contributed by atoms with Crippen molar-refractivity contribution in [3.63, 3.8) is 0 Å². The zero-order chi connectivity index (χ0) is 16.2. The fourth-order valence-corrected chi connectivity index (χ4v) is 1.92. The zero-order valence-electron chi connectivity index (χ0n) is 12.8. The molecule has 0 aliphatic rings. The van der Waals surface area contributed by atoms with Crippen LogP contribution in [0.1, 0.15) is 45.8 Å². The molecular formula is C15H22ClFN2O2. The Morgan fingerprint density at radius 3 is 2.52 bits per heavy atom. The molecule has 0 fully saturated rings. The minimum Gasteiger partial charge on any atom is -0.387 e. The second-order valence-electron chi connectivity index (χ2n) is 5.91. The molecule has 0 aromatic heterocycles. The lowest BCUT2D eigenvalue weighted by atomic mass is 10.1. The number of carbonyl (C=O) groups is 1. The van der Waals surface area contributed by atoms with E-state index in [0.29, 0.717) is 5.56 Å². The summed E-state index contributed by atoms with van der Waals surface area (Å²) >= 11 is 5.98. The molecule has 0 spiro atoms. The van der Waals surface area contributed by atoms with Crippen molar-refractivity contribution in [2.45, 2.75) is 45.8 Å². The van der Waals surface area contributed by atoms with Gasteiger partial charge in [-0.2, -0.15) is 0 Å². The number of hydrogen-bond acceptors (Lipinski definition) is 3. The van der Waals surface area contributed by atoms with Gasteiger partial charge >= 0.3 is 0 Å². The lowest BCUT2D eigenvalue weighted by molar-refractivity contribution is -0.115. The van der Waals surface area contributed by atoms with Gasteiger partial charge in [0.05, 0.1) is 16.8 Å². The molecule has 118 valence electrons. The molecular weight excluding hydrogens is 295 g/mol. The molecule has 1 aromatic carbocycles. The Balaban J connectivity index is 2.89. The van der Waals surface area contributed by atoms with Gasteiger partial charge in [0.1, 0.15) is 5.82 Å². The Labute approximate surface area is 129 Å². The number of amides is 1. The van der Waals surface area contributed by atoms with Crippen molar-refractivity contribution >= 4 is 23.2 Å². The molecule has 1 amide bonds. The highest BCUT2D eigenvalue weighted by Gasteiger charge is 2.18. The maximum absolute atomic E-state index is 14.0. The van der Waals surface area contributed by atoms with Gasteiger partial charge in [-0.15, -0.1) is 0 Å². The van der Waals surface area contributed by atoms with Gasteiger partial charge in [-0.25, -0.2) is 4.39 Å². The van der Waals surface area contributed by atoms with Crippen LogP contribution in [-0.2, 0) is 4.79 Å². The molecule has 0 aliphatic heterocycles. The van der Waals surface area contributed by atoms with Gasteiger partial charge in [0.15, 0.2) is 0 Å². The molecule has 0 bridgehead atoms. The molecule has 0 saturated carbocycles.